The van der Waals surface area contributed by atoms with E-state index < -0.39 is 11.4 Å². The summed E-state index contributed by atoms with van der Waals surface area (Å²) in [5, 5.41) is 21.1. The van der Waals surface area contributed by atoms with Gasteiger partial charge in [-0.25, -0.2) is 4.68 Å². The van der Waals surface area contributed by atoms with E-state index in [9.17, 15) is 9.90 Å². The number of carboxylic acids is 1. The second kappa shape index (κ2) is 5.01. The Morgan fingerprint density at radius 2 is 2.25 bits per heavy atom. The molecule has 1 saturated carbocycles. The standard InChI is InChI=1S/C12H13BrN4O3/c13-9-8(3-6-20-9)10-14-15-16-17(10)7-12(11(18)19)4-1-2-5-12/h3,6H,1-2,4-5,7H2,(H,18,19). The van der Waals surface area contributed by atoms with Gasteiger partial charge in [0, 0.05) is 0 Å². The maximum Gasteiger partial charge on any atom is 0.311 e. The minimum absolute atomic E-state index is 0.280. The Kier molecular flexibility index (Phi) is 3.33. The fraction of sp³-hybridized carbons (Fsp3) is 0.500. The molecule has 0 spiro atoms. The van der Waals surface area contributed by atoms with E-state index in [0.717, 1.165) is 12.8 Å². The van der Waals surface area contributed by atoms with Crippen molar-refractivity contribution in [1.82, 2.24) is 20.2 Å². The number of furan rings is 1. The van der Waals surface area contributed by atoms with Gasteiger partial charge >= 0.3 is 5.97 Å². The summed E-state index contributed by atoms with van der Waals surface area (Å²) in [6.07, 6.45) is 4.71. The molecule has 0 bridgehead atoms. The third kappa shape index (κ3) is 2.13. The summed E-state index contributed by atoms with van der Waals surface area (Å²) in [5.41, 5.74) is -0.0473. The van der Waals surface area contributed by atoms with Crippen molar-refractivity contribution in [2.45, 2.75) is 32.2 Å². The van der Waals surface area contributed by atoms with Gasteiger partial charge in [0.2, 0.25) is 0 Å². The van der Waals surface area contributed by atoms with Gasteiger partial charge in [0.1, 0.15) is 0 Å². The first-order valence-electron chi connectivity index (χ1n) is 6.35. The van der Waals surface area contributed by atoms with Crippen LogP contribution in [0.3, 0.4) is 0 Å². The van der Waals surface area contributed by atoms with E-state index in [1.165, 1.54) is 6.26 Å². The van der Waals surface area contributed by atoms with E-state index >= 15 is 0 Å². The number of aromatic nitrogens is 4. The average Bonchev–Trinajstić information content (AvgIpc) is 3.11. The van der Waals surface area contributed by atoms with Crippen LogP contribution in [-0.4, -0.2) is 31.3 Å². The lowest BCUT2D eigenvalue weighted by Gasteiger charge is -2.23. The van der Waals surface area contributed by atoms with Gasteiger partial charge in [-0.3, -0.25) is 4.79 Å². The number of hydrogen-bond donors (Lipinski definition) is 1. The van der Waals surface area contributed by atoms with E-state index in [1.807, 2.05) is 0 Å². The second-order valence-corrected chi connectivity index (χ2v) is 5.78. The highest BCUT2D eigenvalue weighted by Crippen LogP contribution is 2.40. The average molecular weight is 341 g/mol. The molecule has 2 aromatic heterocycles. The van der Waals surface area contributed by atoms with Crippen LogP contribution in [0.2, 0.25) is 0 Å². The van der Waals surface area contributed by atoms with Crippen LogP contribution in [0, 0.1) is 5.41 Å². The van der Waals surface area contributed by atoms with Crippen molar-refractivity contribution >= 4 is 21.9 Å². The van der Waals surface area contributed by atoms with E-state index in [-0.39, 0.29) is 6.54 Å². The number of carboxylic acid groups (broad SMARTS) is 1. The van der Waals surface area contributed by atoms with Crippen LogP contribution < -0.4 is 0 Å². The van der Waals surface area contributed by atoms with Crippen molar-refractivity contribution in [3.63, 3.8) is 0 Å². The molecule has 7 nitrogen and oxygen atoms in total. The largest absolute Gasteiger partial charge is 0.481 e. The zero-order valence-corrected chi connectivity index (χ0v) is 12.2. The Balaban J connectivity index is 1.94. The van der Waals surface area contributed by atoms with Crippen LogP contribution in [0.5, 0.6) is 0 Å². The smallest absolute Gasteiger partial charge is 0.311 e. The number of tetrazole rings is 1. The Labute approximate surface area is 123 Å². The molecule has 2 aromatic rings. The van der Waals surface area contributed by atoms with E-state index in [0.29, 0.717) is 28.9 Å². The number of nitrogens with zero attached hydrogens (tertiary/aromatic N) is 4. The summed E-state index contributed by atoms with van der Waals surface area (Å²) in [5.74, 6) is -0.263. The maximum absolute atomic E-state index is 11.6. The summed E-state index contributed by atoms with van der Waals surface area (Å²) in [6, 6.07) is 1.74. The van der Waals surface area contributed by atoms with Crippen molar-refractivity contribution in [2.24, 2.45) is 5.41 Å². The van der Waals surface area contributed by atoms with Crippen molar-refractivity contribution in [3.05, 3.63) is 17.0 Å². The number of carbonyl (C=O) groups is 1. The minimum atomic E-state index is -0.775. The van der Waals surface area contributed by atoms with E-state index in [1.54, 1.807) is 10.7 Å². The summed E-state index contributed by atoms with van der Waals surface area (Å²) in [6.45, 7) is 0.280. The predicted molar refractivity (Wildman–Crippen MR) is 71.8 cm³/mol. The quantitative estimate of drug-likeness (QED) is 0.917. The molecular formula is C12H13BrN4O3. The molecule has 0 aliphatic heterocycles. The highest BCUT2D eigenvalue weighted by molar-refractivity contribution is 9.10. The number of rotatable bonds is 4. The fourth-order valence-corrected chi connectivity index (χ4v) is 3.15. The number of aliphatic carboxylic acids is 1. The van der Waals surface area contributed by atoms with E-state index in [2.05, 4.69) is 31.5 Å². The zero-order chi connectivity index (χ0) is 14.2. The Morgan fingerprint density at radius 3 is 2.85 bits per heavy atom. The first kappa shape index (κ1) is 13.3. The van der Waals surface area contributed by atoms with Gasteiger partial charge in [-0.05, 0) is 45.3 Å². The Morgan fingerprint density at radius 1 is 1.50 bits per heavy atom. The first-order valence-corrected chi connectivity index (χ1v) is 7.15. The van der Waals surface area contributed by atoms with Gasteiger partial charge in [-0.1, -0.05) is 12.8 Å². The minimum Gasteiger partial charge on any atom is -0.481 e. The lowest BCUT2D eigenvalue weighted by atomic mass is 9.86. The van der Waals surface area contributed by atoms with Crippen LogP contribution in [0.15, 0.2) is 21.4 Å². The van der Waals surface area contributed by atoms with Crippen molar-refractivity contribution in [3.8, 4) is 11.4 Å². The maximum atomic E-state index is 11.6. The SMILES string of the molecule is O=C(O)C1(Cn2nnnc2-c2ccoc2Br)CCCC1. The normalized spacial score (nSPS) is 17.4. The molecule has 1 aliphatic rings. The molecular weight excluding hydrogens is 328 g/mol. The number of hydrogen-bond acceptors (Lipinski definition) is 5. The van der Waals surface area contributed by atoms with Crippen LogP contribution in [-0.2, 0) is 11.3 Å². The van der Waals surface area contributed by atoms with Crippen molar-refractivity contribution in [1.29, 1.82) is 0 Å². The Bertz CT molecular complexity index is 630. The molecule has 1 N–H and O–H groups in total. The number of halogens is 1. The molecule has 0 amide bonds. The lowest BCUT2D eigenvalue weighted by molar-refractivity contribution is -0.149. The van der Waals surface area contributed by atoms with Crippen LogP contribution in [0.4, 0.5) is 0 Å². The predicted octanol–water partition coefficient (Wildman–Crippen LogP) is 2.34. The Hall–Kier alpha value is -1.70. The van der Waals surface area contributed by atoms with E-state index in [4.69, 9.17) is 4.42 Å². The van der Waals surface area contributed by atoms with Gasteiger partial charge in [0.05, 0.1) is 23.8 Å². The van der Waals surface area contributed by atoms with Crippen molar-refractivity contribution < 1.29 is 14.3 Å². The van der Waals surface area contributed by atoms with Gasteiger partial charge in [0.25, 0.3) is 0 Å². The van der Waals surface area contributed by atoms with Crippen LogP contribution >= 0.6 is 15.9 Å². The molecule has 106 valence electrons. The highest BCUT2D eigenvalue weighted by Gasteiger charge is 2.42. The molecule has 2 heterocycles. The first-order chi connectivity index (χ1) is 9.62. The lowest BCUT2D eigenvalue weighted by Crippen LogP contribution is -2.33. The van der Waals surface area contributed by atoms with Gasteiger partial charge in [0.15, 0.2) is 10.5 Å². The van der Waals surface area contributed by atoms with Crippen LogP contribution in [0.25, 0.3) is 11.4 Å². The molecule has 0 saturated heterocycles. The van der Waals surface area contributed by atoms with Gasteiger partial charge in [-0.2, -0.15) is 0 Å². The van der Waals surface area contributed by atoms with Crippen molar-refractivity contribution in [2.75, 3.05) is 0 Å². The molecule has 1 aliphatic carbocycles. The third-order valence-corrected chi connectivity index (χ3v) is 4.47. The van der Waals surface area contributed by atoms with Gasteiger partial charge in [-0.15, -0.1) is 5.10 Å². The molecule has 3 rings (SSSR count). The summed E-state index contributed by atoms with van der Waals surface area (Å²) in [4.78, 5) is 11.6. The molecule has 20 heavy (non-hydrogen) atoms. The summed E-state index contributed by atoms with van der Waals surface area (Å²) >= 11 is 3.29. The van der Waals surface area contributed by atoms with Gasteiger partial charge < -0.3 is 9.52 Å². The molecule has 0 radical (unpaired) electrons. The summed E-state index contributed by atoms with van der Waals surface area (Å²) < 4.78 is 7.26. The monoisotopic (exact) mass is 340 g/mol. The summed E-state index contributed by atoms with van der Waals surface area (Å²) in [7, 11) is 0. The second-order valence-electron chi connectivity index (χ2n) is 5.06. The highest BCUT2D eigenvalue weighted by atomic mass is 79.9. The molecule has 0 atom stereocenters. The zero-order valence-electron chi connectivity index (χ0n) is 10.6. The van der Waals surface area contributed by atoms with Crippen LogP contribution in [0.1, 0.15) is 25.7 Å². The fourth-order valence-electron chi connectivity index (χ4n) is 2.74. The molecule has 0 aromatic carbocycles. The molecule has 8 heteroatoms. The topological polar surface area (TPSA) is 94.0 Å². The molecule has 0 unspecified atom stereocenters. The molecule has 1 fully saturated rings. The third-order valence-electron chi connectivity index (χ3n) is 3.86.